The van der Waals surface area contributed by atoms with Crippen molar-refractivity contribution in [2.24, 2.45) is 0 Å². The van der Waals surface area contributed by atoms with E-state index in [-0.39, 0.29) is 5.03 Å². The van der Waals surface area contributed by atoms with Gasteiger partial charge in [-0.1, -0.05) is 18.2 Å². The lowest BCUT2D eigenvalue weighted by Gasteiger charge is -2.00. The number of aldehydes is 1. The van der Waals surface area contributed by atoms with Gasteiger partial charge in [-0.15, -0.1) is 0 Å². The molecule has 10 heavy (non-hydrogen) atoms. The van der Waals surface area contributed by atoms with E-state index in [2.05, 4.69) is 6.58 Å². The standard InChI is InChI=1S/C7H7ClO2/c1-4-2-5(3-9)6(8)7(4)10/h3,7,10H,1-2H2. The molecule has 2 nitrogen and oxygen atoms in total. The lowest BCUT2D eigenvalue weighted by Crippen LogP contribution is -2.02. The molecule has 1 unspecified atom stereocenters. The highest BCUT2D eigenvalue weighted by Crippen LogP contribution is 2.31. The number of carbonyl (C=O) groups excluding carboxylic acids is 1. The zero-order chi connectivity index (χ0) is 7.72. The fourth-order valence-electron chi connectivity index (χ4n) is 0.879. The summed E-state index contributed by atoms with van der Waals surface area (Å²) in [5.74, 6) is 0. The first-order valence-electron chi connectivity index (χ1n) is 2.86. The fraction of sp³-hybridized carbons (Fsp3) is 0.286. The zero-order valence-corrected chi connectivity index (χ0v) is 6.06. The van der Waals surface area contributed by atoms with E-state index in [9.17, 15) is 4.79 Å². The van der Waals surface area contributed by atoms with E-state index < -0.39 is 6.10 Å². The second-order valence-corrected chi connectivity index (χ2v) is 2.64. The lowest BCUT2D eigenvalue weighted by atomic mass is 10.2. The Morgan fingerprint density at radius 2 is 2.40 bits per heavy atom. The summed E-state index contributed by atoms with van der Waals surface area (Å²) in [5.41, 5.74) is 1.03. The summed E-state index contributed by atoms with van der Waals surface area (Å²) in [6.45, 7) is 3.55. The lowest BCUT2D eigenvalue weighted by molar-refractivity contribution is -0.105. The van der Waals surface area contributed by atoms with E-state index in [1.54, 1.807) is 0 Å². The Kier molecular flexibility index (Phi) is 1.92. The molecule has 0 fully saturated rings. The molecule has 1 N–H and O–H groups in total. The molecule has 1 aliphatic carbocycles. The molecule has 54 valence electrons. The molecular formula is C7H7ClO2. The molecule has 1 rings (SSSR count). The quantitative estimate of drug-likeness (QED) is 0.457. The van der Waals surface area contributed by atoms with Crippen LogP contribution in [0.4, 0.5) is 0 Å². The number of aliphatic hydroxyl groups is 1. The first-order chi connectivity index (χ1) is 4.66. The van der Waals surface area contributed by atoms with E-state index in [0.717, 1.165) is 0 Å². The fourth-order valence-corrected chi connectivity index (χ4v) is 1.14. The molecular weight excluding hydrogens is 152 g/mol. The van der Waals surface area contributed by atoms with Crippen LogP contribution in [0.1, 0.15) is 6.42 Å². The Morgan fingerprint density at radius 1 is 1.80 bits per heavy atom. The predicted octanol–water partition coefficient (Wildman–Crippen LogP) is 0.999. The van der Waals surface area contributed by atoms with Crippen molar-refractivity contribution >= 4 is 17.9 Å². The zero-order valence-electron chi connectivity index (χ0n) is 5.30. The maximum Gasteiger partial charge on any atom is 0.147 e. The Labute approximate surface area is 63.8 Å². The number of hydrogen-bond donors (Lipinski definition) is 1. The first kappa shape index (κ1) is 7.51. The SMILES string of the molecule is C=C1CC(C=O)=C(Cl)C1O. The van der Waals surface area contributed by atoms with Crippen LogP contribution in [0.25, 0.3) is 0 Å². The number of allylic oxidation sites excluding steroid dienone is 1. The molecule has 1 aliphatic rings. The minimum Gasteiger partial charge on any atom is -0.383 e. The third kappa shape index (κ3) is 1.00. The summed E-state index contributed by atoms with van der Waals surface area (Å²) in [6, 6.07) is 0. The van der Waals surface area contributed by atoms with Crippen LogP contribution in [0.5, 0.6) is 0 Å². The molecule has 0 amide bonds. The Hall–Kier alpha value is -0.600. The van der Waals surface area contributed by atoms with Crippen molar-refractivity contribution in [2.75, 3.05) is 0 Å². The highest BCUT2D eigenvalue weighted by molar-refractivity contribution is 6.32. The van der Waals surface area contributed by atoms with E-state index in [1.807, 2.05) is 0 Å². The van der Waals surface area contributed by atoms with E-state index in [4.69, 9.17) is 16.7 Å². The summed E-state index contributed by atoms with van der Waals surface area (Å²) in [7, 11) is 0. The molecule has 0 heterocycles. The summed E-state index contributed by atoms with van der Waals surface area (Å²) in [5, 5.41) is 9.34. The van der Waals surface area contributed by atoms with Crippen LogP contribution in [-0.2, 0) is 4.79 Å². The third-order valence-electron chi connectivity index (χ3n) is 1.49. The third-order valence-corrected chi connectivity index (χ3v) is 1.94. The van der Waals surface area contributed by atoms with Gasteiger partial charge in [0.05, 0.1) is 5.03 Å². The van der Waals surface area contributed by atoms with Crippen molar-refractivity contribution < 1.29 is 9.90 Å². The van der Waals surface area contributed by atoms with Gasteiger partial charge in [0, 0.05) is 12.0 Å². The topological polar surface area (TPSA) is 37.3 Å². The van der Waals surface area contributed by atoms with Crippen LogP contribution in [0.3, 0.4) is 0 Å². The Bertz CT molecular complexity index is 218. The predicted molar refractivity (Wildman–Crippen MR) is 38.7 cm³/mol. The highest BCUT2D eigenvalue weighted by atomic mass is 35.5. The molecule has 0 aromatic heterocycles. The first-order valence-corrected chi connectivity index (χ1v) is 3.24. The molecule has 0 aromatic carbocycles. The minimum absolute atomic E-state index is 0.222. The van der Waals surface area contributed by atoms with Gasteiger partial charge in [-0.3, -0.25) is 4.79 Å². The van der Waals surface area contributed by atoms with Crippen LogP contribution in [0.15, 0.2) is 22.8 Å². The van der Waals surface area contributed by atoms with Crippen LogP contribution in [0, 0.1) is 0 Å². The largest absolute Gasteiger partial charge is 0.383 e. The van der Waals surface area contributed by atoms with E-state index in [1.165, 1.54) is 0 Å². The van der Waals surface area contributed by atoms with Crippen molar-refractivity contribution in [2.45, 2.75) is 12.5 Å². The maximum absolute atomic E-state index is 10.2. The van der Waals surface area contributed by atoms with Gasteiger partial charge < -0.3 is 5.11 Å². The van der Waals surface area contributed by atoms with Crippen molar-refractivity contribution in [3.8, 4) is 0 Å². The number of hydrogen-bond acceptors (Lipinski definition) is 2. The van der Waals surface area contributed by atoms with E-state index in [0.29, 0.717) is 23.9 Å². The van der Waals surface area contributed by atoms with Gasteiger partial charge in [-0.25, -0.2) is 0 Å². The van der Waals surface area contributed by atoms with Crippen LogP contribution >= 0.6 is 11.6 Å². The molecule has 1 atom stereocenters. The Morgan fingerprint density at radius 3 is 2.60 bits per heavy atom. The van der Waals surface area contributed by atoms with Gasteiger partial charge >= 0.3 is 0 Å². The number of rotatable bonds is 1. The van der Waals surface area contributed by atoms with Gasteiger partial charge in [-0.2, -0.15) is 0 Å². The minimum atomic E-state index is -0.818. The van der Waals surface area contributed by atoms with Crippen molar-refractivity contribution in [3.63, 3.8) is 0 Å². The van der Waals surface area contributed by atoms with Gasteiger partial charge in [0.25, 0.3) is 0 Å². The van der Waals surface area contributed by atoms with Gasteiger partial charge in [0.2, 0.25) is 0 Å². The molecule has 0 aliphatic heterocycles. The Balaban J connectivity index is 2.93. The van der Waals surface area contributed by atoms with Crippen molar-refractivity contribution in [1.29, 1.82) is 0 Å². The molecule has 0 saturated carbocycles. The highest BCUT2D eigenvalue weighted by Gasteiger charge is 2.24. The number of aliphatic hydroxyl groups excluding tert-OH is 1. The van der Waals surface area contributed by atoms with Crippen LogP contribution < -0.4 is 0 Å². The second-order valence-electron chi connectivity index (χ2n) is 2.23. The summed E-state index contributed by atoms with van der Waals surface area (Å²) >= 11 is 5.56. The molecule has 0 radical (unpaired) electrons. The van der Waals surface area contributed by atoms with Crippen molar-refractivity contribution in [1.82, 2.24) is 0 Å². The summed E-state index contributed by atoms with van der Waals surface area (Å²) in [4.78, 5) is 10.2. The average Bonchev–Trinajstić information content (AvgIpc) is 2.17. The van der Waals surface area contributed by atoms with Gasteiger partial charge in [-0.05, 0) is 5.57 Å². The number of halogens is 1. The smallest absolute Gasteiger partial charge is 0.147 e. The second kappa shape index (κ2) is 2.56. The van der Waals surface area contributed by atoms with Gasteiger partial charge in [0.15, 0.2) is 0 Å². The molecule has 0 spiro atoms. The van der Waals surface area contributed by atoms with E-state index >= 15 is 0 Å². The molecule has 0 bridgehead atoms. The van der Waals surface area contributed by atoms with Crippen LogP contribution in [0.2, 0.25) is 0 Å². The molecule has 0 saturated heterocycles. The number of carbonyl (C=O) groups is 1. The summed E-state index contributed by atoms with van der Waals surface area (Å²) in [6.07, 6.45) is 0.245. The molecule has 0 aromatic rings. The van der Waals surface area contributed by atoms with Crippen LogP contribution in [-0.4, -0.2) is 17.5 Å². The normalized spacial score (nSPS) is 25.8. The van der Waals surface area contributed by atoms with Crippen molar-refractivity contribution in [3.05, 3.63) is 22.8 Å². The molecule has 3 heteroatoms. The summed E-state index contributed by atoms with van der Waals surface area (Å²) < 4.78 is 0. The van der Waals surface area contributed by atoms with Gasteiger partial charge in [0.1, 0.15) is 12.4 Å². The monoisotopic (exact) mass is 158 g/mol. The maximum atomic E-state index is 10.2. The average molecular weight is 159 g/mol.